The van der Waals surface area contributed by atoms with Crippen LogP contribution in [0.15, 0.2) is 24.3 Å². The number of non-ortho nitro benzene ring substituents is 1. The standard InChI is InChI=1S/C12H18N2O3/c1-3-13(4-2)9-12(15)10-5-7-11(8-6-10)14(16)17/h5-8,12,15H,3-4,9H2,1-2H3. The van der Waals surface area contributed by atoms with E-state index in [0.717, 1.165) is 13.1 Å². The van der Waals surface area contributed by atoms with Gasteiger partial charge in [-0.2, -0.15) is 0 Å². The van der Waals surface area contributed by atoms with Gasteiger partial charge in [-0.25, -0.2) is 0 Å². The van der Waals surface area contributed by atoms with Crippen molar-refractivity contribution in [1.29, 1.82) is 0 Å². The third-order valence-corrected chi connectivity index (χ3v) is 2.81. The Labute approximate surface area is 101 Å². The smallest absolute Gasteiger partial charge is 0.269 e. The van der Waals surface area contributed by atoms with Crippen molar-refractivity contribution in [2.24, 2.45) is 0 Å². The molecule has 0 bridgehead atoms. The topological polar surface area (TPSA) is 66.6 Å². The molecule has 0 heterocycles. The van der Waals surface area contributed by atoms with Gasteiger partial charge in [0.25, 0.3) is 5.69 Å². The summed E-state index contributed by atoms with van der Waals surface area (Å²) in [6.45, 7) is 6.37. The molecule has 1 aromatic carbocycles. The highest BCUT2D eigenvalue weighted by Crippen LogP contribution is 2.18. The van der Waals surface area contributed by atoms with Gasteiger partial charge in [0, 0.05) is 18.7 Å². The highest BCUT2D eigenvalue weighted by atomic mass is 16.6. The van der Waals surface area contributed by atoms with Crippen LogP contribution in [0.2, 0.25) is 0 Å². The summed E-state index contributed by atoms with van der Waals surface area (Å²) in [6.07, 6.45) is -0.601. The Hall–Kier alpha value is -1.46. The maximum absolute atomic E-state index is 10.5. The van der Waals surface area contributed by atoms with Gasteiger partial charge in [0.15, 0.2) is 0 Å². The summed E-state index contributed by atoms with van der Waals surface area (Å²) in [5.74, 6) is 0. The third kappa shape index (κ3) is 3.80. The van der Waals surface area contributed by atoms with Gasteiger partial charge in [0.1, 0.15) is 0 Å². The van der Waals surface area contributed by atoms with Gasteiger partial charge in [-0.15, -0.1) is 0 Å². The number of hydrogen-bond donors (Lipinski definition) is 1. The molecule has 1 rings (SSSR count). The Kier molecular flexibility index (Phi) is 5.06. The first-order chi connectivity index (χ1) is 8.08. The Morgan fingerprint density at radius 1 is 1.29 bits per heavy atom. The lowest BCUT2D eigenvalue weighted by atomic mass is 10.1. The summed E-state index contributed by atoms with van der Waals surface area (Å²) in [4.78, 5) is 12.1. The van der Waals surface area contributed by atoms with Crippen molar-refractivity contribution in [3.05, 3.63) is 39.9 Å². The Bertz CT molecular complexity index is 361. The zero-order valence-electron chi connectivity index (χ0n) is 10.2. The lowest BCUT2D eigenvalue weighted by Crippen LogP contribution is -2.28. The molecule has 0 fully saturated rings. The molecular formula is C12H18N2O3. The van der Waals surface area contributed by atoms with Gasteiger partial charge in [-0.1, -0.05) is 13.8 Å². The predicted octanol–water partition coefficient (Wildman–Crippen LogP) is 1.97. The molecule has 94 valence electrons. The molecule has 0 amide bonds. The van der Waals surface area contributed by atoms with Gasteiger partial charge in [-0.3, -0.25) is 10.1 Å². The molecule has 0 spiro atoms. The number of benzene rings is 1. The van der Waals surface area contributed by atoms with E-state index >= 15 is 0 Å². The molecule has 0 aliphatic rings. The molecule has 1 aromatic rings. The summed E-state index contributed by atoms with van der Waals surface area (Å²) in [5.41, 5.74) is 0.756. The fourth-order valence-electron chi connectivity index (χ4n) is 1.65. The molecule has 0 aliphatic carbocycles. The minimum Gasteiger partial charge on any atom is -0.387 e. The largest absolute Gasteiger partial charge is 0.387 e. The molecule has 1 atom stereocenters. The van der Waals surface area contributed by atoms with Gasteiger partial charge in [0.2, 0.25) is 0 Å². The fraction of sp³-hybridized carbons (Fsp3) is 0.500. The van der Waals surface area contributed by atoms with Crippen LogP contribution in [0.1, 0.15) is 25.5 Å². The monoisotopic (exact) mass is 238 g/mol. The van der Waals surface area contributed by atoms with Crippen molar-refractivity contribution >= 4 is 5.69 Å². The molecule has 0 saturated heterocycles. The number of aliphatic hydroxyl groups is 1. The molecule has 1 unspecified atom stereocenters. The molecule has 5 nitrogen and oxygen atoms in total. The second kappa shape index (κ2) is 6.32. The van der Waals surface area contributed by atoms with Crippen LogP contribution < -0.4 is 0 Å². The first kappa shape index (κ1) is 13.6. The normalized spacial score (nSPS) is 12.7. The van der Waals surface area contributed by atoms with Crippen LogP contribution in [0.3, 0.4) is 0 Å². The van der Waals surface area contributed by atoms with Crippen LogP contribution in [0.25, 0.3) is 0 Å². The van der Waals surface area contributed by atoms with Crippen molar-refractivity contribution in [1.82, 2.24) is 4.90 Å². The summed E-state index contributed by atoms with van der Waals surface area (Å²) in [6, 6.07) is 6.04. The third-order valence-electron chi connectivity index (χ3n) is 2.81. The van der Waals surface area contributed by atoms with Crippen LogP contribution in [0.5, 0.6) is 0 Å². The van der Waals surface area contributed by atoms with Crippen molar-refractivity contribution < 1.29 is 10.0 Å². The van der Waals surface area contributed by atoms with Gasteiger partial charge >= 0.3 is 0 Å². The molecule has 0 radical (unpaired) electrons. The van der Waals surface area contributed by atoms with Crippen LogP contribution >= 0.6 is 0 Å². The molecule has 17 heavy (non-hydrogen) atoms. The quantitative estimate of drug-likeness (QED) is 0.607. The van der Waals surface area contributed by atoms with Crippen molar-refractivity contribution in [3.63, 3.8) is 0 Å². The number of nitro benzene ring substituents is 1. The summed E-state index contributed by atoms with van der Waals surface area (Å²) in [7, 11) is 0. The average Bonchev–Trinajstić information content (AvgIpc) is 2.35. The van der Waals surface area contributed by atoms with Crippen LogP contribution in [0.4, 0.5) is 5.69 Å². The van der Waals surface area contributed by atoms with E-state index in [1.54, 1.807) is 12.1 Å². The van der Waals surface area contributed by atoms with E-state index in [2.05, 4.69) is 4.90 Å². The summed E-state index contributed by atoms with van der Waals surface area (Å²) >= 11 is 0. The molecule has 0 aromatic heterocycles. The van der Waals surface area contributed by atoms with Crippen LogP contribution in [-0.2, 0) is 0 Å². The van der Waals surface area contributed by atoms with E-state index in [9.17, 15) is 15.2 Å². The summed E-state index contributed by atoms with van der Waals surface area (Å²) in [5, 5.41) is 20.5. The van der Waals surface area contributed by atoms with Gasteiger partial charge in [-0.05, 0) is 30.8 Å². The number of likely N-dealkylation sites (N-methyl/N-ethyl adjacent to an activating group) is 1. The number of aliphatic hydroxyl groups excluding tert-OH is 1. The first-order valence-corrected chi connectivity index (χ1v) is 5.73. The zero-order valence-corrected chi connectivity index (χ0v) is 10.2. The van der Waals surface area contributed by atoms with E-state index in [1.165, 1.54) is 12.1 Å². The highest BCUT2D eigenvalue weighted by molar-refractivity contribution is 5.33. The number of nitro groups is 1. The average molecular weight is 238 g/mol. The number of hydrogen-bond acceptors (Lipinski definition) is 4. The van der Waals surface area contributed by atoms with Crippen LogP contribution in [-0.4, -0.2) is 34.6 Å². The van der Waals surface area contributed by atoms with E-state index in [0.29, 0.717) is 12.1 Å². The van der Waals surface area contributed by atoms with Crippen molar-refractivity contribution in [3.8, 4) is 0 Å². The Balaban J connectivity index is 2.69. The Morgan fingerprint density at radius 2 is 1.82 bits per heavy atom. The van der Waals surface area contributed by atoms with Gasteiger partial charge < -0.3 is 10.0 Å². The molecular weight excluding hydrogens is 220 g/mol. The SMILES string of the molecule is CCN(CC)CC(O)c1ccc([N+](=O)[O-])cc1. The molecule has 5 heteroatoms. The fourth-order valence-corrected chi connectivity index (χ4v) is 1.65. The predicted molar refractivity (Wildman–Crippen MR) is 65.8 cm³/mol. The van der Waals surface area contributed by atoms with Crippen LogP contribution in [0, 0.1) is 10.1 Å². The Morgan fingerprint density at radius 3 is 2.24 bits per heavy atom. The molecule has 0 aliphatic heterocycles. The second-order valence-electron chi connectivity index (χ2n) is 3.85. The minimum absolute atomic E-state index is 0.0452. The molecule has 1 N–H and O–H groups in total. The lowest BCUT2D eigenvalue weighted by molar-refractivity contribution is -0.384. The lowest BCUT2D eigenvalue weighted by Gasteiger charge is -2.21. The maximum atomic E-state index is 10.5. The van der Waals surface area contributed by atoms with E-state index in [-0.39, 0.29) is 5.69 Å². The highest BCUT2D eigenvalue weighted by Gasteiger charge is 2.12. The van der Waals surface area contributed by atoms with Crippen molar-refractivity contribution in [2.75, 3.05) is 19.6 Å². The summed E-state index contributed by atoms with van der Waals surface area (Å²) < 4.78 is 0. The number of nitrogens with zero attached hydrogens (tertiary/aromatic N) is 2. The minimum atomic E-state index is -0.601. The van der Waals surface area contributed by atoms with Crippen molar-refractivity contribution in [2.45, 2.75) is 20.0 Å². The first-order valence-electron chi connectivity index (χ1n) is 5.73. The van der Waals surface area contributed by atoms with E-state index in [1.807, 2.05) is 13.8 Å². The number of rotatable bonds is 6. The molecule has 0 saturated carbocycles. The van der Waals surface area contributed by atoms with E-state index in [4.69, 9.17) is 0 Å². The van der Waals surface area contributed by atoms with Gasteiger partial charge in [0.05, 0.1) is 11.0 Å². The van der Waals surface area contributed by atoms with E-state index < -0.39 is 11.0 Å². The maximum Gasteiger partial charge on any atom is 0.269 e. The zero-order chi connectivity index (χ0) is 12.8. The second-order valence-corrected chi connectivity index (χ2v) is 3.85.